The molecular weight excluding hydrogens is 246 g/mol. The van der Waals surface area contributed by atoms with Gasteiger partial charge in [0.25, 0.3) is 0 Å². The van der Waals surface area contributed by atoms with Crippen LogP contribution in [0.15, 0.2) is 42.7 Å². The van der Waals surface area contributed by atoms with Crippen molar-refractivity contribution >= 4 is 11.8 Å². The van der Waals surface area contributed by atoms with E-state index in [1.807, 2.05) is 30.0 Å². The number of hydrogen-bond donors (Lipinski definition) is 0. The van der Waals surface area contributed by atoms with Crippen molar-refractivity contribution in [3.8, 4) is 11.4 Å². The number of rotatable bonds is 3. The smallest absolute Gasteiger partial charge is 0.130 e. The molecule has 0 amide bonds. The van der Waals surface area contributed by atoms with Crippen LogP contribution in [-0.4, -0.2) is 24.0 Å². The Kier molecular flexibility index (Phi) is 3.30. The number of benzene rings is 1. The first-order valence-electron chi connectivity index (χ1n) is 5.92. The third kappa shape index (κ3) is 2.26. The van der Waals surface area contributed by atoms with Crippen LogP contribution in [-0.2, 0) is 4.74 Å². The van der Waals surface area contributed by atoms with Crippen LogP contribution in [0, 0.1) is 0 Å². The Hall–Kier alpha value is -1.39. The van der Waals surface area contributed by atoms with Gasteiger partial charge in [0, 0.05) is 35.5 Å². The molecule has 0 N–H and O–H groups in total. The van der Waals surface area contributed by atoms with Crippen LogP contribution in [0.2, 0.25) is 0 Å². The molecule has 18 heavy (non-hydrogen) atoms. The predicted molar refractivity (Wildman–Crippen MR) is 73.5 cm³/mol. The van der Waals surface area contributed by atoms with Crippen molar-refractivity contribution in [2.75, 3.05) is 19.5 Å². The minimum absolute atomic E-state index is 0.192. The summed E-state index contributed by atoms with van der Waals surface area (Å²) in [6, 6.07) is 10.1. The van der Waals surface area contributed by atoms with Crippen molar-refractivity contribution in [2.24, 2.45) is 0 Å². The van der Waals surface area contributed by atoms with Crippen molar-refractivity contribution in [2.45, 2.75) is 5.44 Å². The average molecular weight is 261 g/mol. The molecule has 94 valence electrons. The van der Waals surface area contributed by atoms with Gasteiger partial charge < -0.3 is 14.0 Å². The standard InChI is InChI=1S/C14H15NO2S/c1-16-13-4-2-3-12(9-13)15-6-5-11(10-15)14-17-7-8-18-14/h2-6,9-10,14H,7-8H2,1H3/t14-/m1/s1. The summed E-state index contributed by atoms with van der Waals surface area (Å²) in [4.78, 5) is 0. The molecule has 0 bridgehead atoms. The van der Waals surface area contributed by atoms with Crippen LogP contribution in [0.1, 0.15) is 11.0 Å². The van der Waals surface area contributed by atoms with Gasteiger partial charge in [-0.05, 0) is 18.2 Å². The van der Waals surface area contributed by atoms with Gasteiger partial charge in [0.15, 0.2) is 0 Å². The lowest BCUT2D eigenvalue weighted by atomic mass is 10.3. The molecule has 0 unspecified atom stereocenters. The zero-order valence-electron chi connectivity index (χ0n) is 10.2. The van der Waals surface area contributed by atoms with Crippen molar-refractivity contribution < 1.29 is 9.47 Å². The summed E-state index contributed by atoms with van der Waals surface area (Å²) >= 11 is 1.85. The molecule has 1 aromatic heterocycles. The SMILES string of the molecule is COc1cccc(-n2ccc([C@@H]3OCCS3)c2)c1. The van der Waals surface area contributed by atoms with Crippen molar-refractivity contribution in [1.82, 2.24) is 4.57 Å². The van der Waals surface area contributed by atoms with E-state index >= 15 is 0 Å². The molecule has 1 aliphatic rings. The first-order chi connectivity index (χ1) is 8.86. The van der Waals surface area contributed by atoms with Gasteiger partial charge in [-0.2, -0.15) is 0 Å². The third-order valence-electron chi connectivity index (χ3n) is 2.96. The molecule has 0 spiro atoms. The van der Waals surface area contributed by atoms with E-state index in [4.69, 9.17) is 9.47 Å². The fourth-order valence-electron chi connectivity index (χ4n) is 2.04. The summed E-state index contributed by atoms with van der Waals surface area (Å²) in [6.45, 7) is 0.847. The summed E-state index contributed by atoms with van der Waals surface area (Å²) in [5.41, 5.74) is 2.51. The van der Waals surface area contributed by atoms with E-state index in [-0.39, 0.29) is 5.44 Å². The molecule has 1 atom stereocenters. The molecule has 1 aromatic carbocycles. The minimum Gasteiger partial charge on any atom is -0.497 e. The highest BCUT2D eigenvalue weighted by Crippen LogP contribution is 2.35. The fourth-order valence-corrected chi connectivity index (χ4v) is 2.97. The number of ether oxygens (including phenoxy) is 2. The lowest BCUT2D eigenvalue weighted by molar-refractivity contribution is 0.145. The van der Waals surface area contributed by atoms with E-state index in [2.05, 4.69) is 29.1 Å². The van der Waals surface area contributed by atoms with Gasteiger partial charge in [0.1, 0.15) is 11.2 Å². The molecule has 1 aliphatic heterocycles. The van der Waals surface area contributed by atoms with Crippen LogP contribution >= 0.6 is 11.8 Å². The highest BCUT2D eigenvalue weighted by molar-refractivity contribution is 7.99. The van der Waals surface area contributed by atoms with Gasteiger partial charge in [0.2, 0.25) is 0 Å². The number of nitrogens with zero attached hydrogens (tertiary/aromatic N) is 1. The molecule has 4 heteroatoms. The third-order valence-corrected chi connectivity index (χ3v) is 4.07. The summed E-state index contributed by atoms with van der Waals surface area (Å²) < 4.78 is 13.0. The quantitative estimate of drug-likeness (QED) is 0.847. The Morgan fingerprint density at radius 1 is 1.39 bits per heavy atom. The Morgan fingerprint density at radius 3 is 3.11 bits per heavy atom. The molecule has 1 saturated heterocycles. The van der Waals surface area contributed by atoms with Gasteiger partial charge in [-0.15, -0.1) is 11.8 Å². The van der Waals surface area contributed by atoms with Crippen LogP contribution in [0.3, 0.4) is 0 Å². The number of thioether (sulfide) groups is 1. The average Bonchev–Trinajstić information content (AvgIpc) is 3.09. The first-order valence-corrected chi connectivity index (χ1v) is 6.97. The van der Waals surface area contributed by atoms with Gasteiger partial charge in [-0.25, -0.2) is 0 Å². The van der Waals surface area contributed by atoms with Crippen LogP contribution in [0.4, 0.5) is 0 Å². The maximum Gasteiger partial charge on any atom is 0.130 e. The molecule has 1 fully saturated rings. The Labute approximate surface area is 111 Å². The predicted octanol–water partition coefficient (Wildman–Crippen LogP) is 3.25. The molecule has 2 aromatic rings. The lowest BCUT2D eigenvalue weighted by Gasteiger charge is -2.07. The van der Waals surface area contributed by atoms with E-state index in [9.17, 15) is 0 Å². The second-order valence-corrected chi connectivity index (χ2v) is 5.30. The molecule has 3 nitrogen and oxygen atoms in total. The number of methoxy groups -OCH3 is 1. The second kappa shape index (κ2) is 5.08. The highest BCUT2D eigenvalue weighted by Gasteiger charge is 2.19. The number of aromatic nitrogens is 1. The summed E-state index contributed by atoms with van der Waals surface area (Å²) in [5, 5.41) is 0. The maximum absolute atomic E-state index is 5.66. The summed E-state index contributed by atoms with van der Waals surface area (Å²) in [5.74, 6) is 1.95. The van der Waals surface area contributed by atoms with Gasteiger partial charge in [0.05, 0.1) is 13.7 Å². The number of hydrogen-bond acceptors (Lipinski definition) is 3. The van der Waals surface area contributed by atoms with E-state index < -0.39 is 0 Å². The molecule has 0 aliphatic carbocycles. The Bertz CT molecular complexity index is 532. The van der Waals surface area contributed by atoms with Gasteiger partial charge in [-0.1, -0.05) is 6.07 Å². The van der Waals surface area contributed by atoms with Gasteiger partial charge in [-0.3, -0.25) is 0 Å². The summed E-state index contributed by atoms with van der Waals surface area (Å²) in [7, 11) is 1.68. The molecule has 3 rings (SSSR count). The first kappa shape index (κ1) is 11.7. The Morgan fingerprint density at radius 2 is 2.33 bits per heavy atom. The zero-order chi connectivity index (χ0) is 12.4. The Balaban J connectivity index is 1.87. The lowest BCUT2D eigenvalue weighted by Crippen LogP contribution is -1.93. The van der Waals surface area contributed by atoms with Crippen LogP contribution < -0.4 is 4.74 Å². The fraction of sp³-hybridized carbons (Fsp3) is 0.286. The van der Waals surface area contributed by atoms with Crippen LogP contribution in [0.25, 0.3) is 5.69 Å². The van der Waals surface area contributed by atoms with E-state index in [0.29, 0.717) is 0 Å². The van der Waals surface area contributed by atoms with Gasteiger partial charge >= 0.3 is 0 Å². The molecule has 0 radical (unpaired) electrons. The second-order valence-electron chi connectivity index (χ2n) is 4.13. The molecular formula is C14H15NO2S. The van der Waals surface area contributed by atoms with E-state index in [1.54, 1.807) is 7.11 Å². The van der Waals surface area contributed by atoms with Crippen molar-refractivity contribution in [3.63, 3.8) is 0 Å². The molecule has 2 heterocycles. The topological polar surface area (TPSA) is 23.4 Å². The van der Waals surface area contributed by atoms with Crippen LogP contribution in [0.5, 0.6) is 5.75 Å². The zero-order valence-corrected chi connectivity index (χ0v) is 11.0. The minimum atomic E-state index is 0.192. The van der Waals surface area contributed by atoms with Crippen molar-refractivity contribution in [3.05, 3.63) is 48.3 Å². The van der Waals surface area contributed by atoms with E-state index in [1.165, 1.54) is 5.56 Å². The summed E-state index contributed by atoms with van der Waals surface area (Å²) in [6.07, 6.45) is 4.18. The maximum atomic E-state index is 5.66. The van der Waals surface area contributed by atoms with E-state index in [0.717, 1.165) is 23.8 Å². The van der Waals surface area contributed by atoms with Crippen molar-refractivity contribution in [1.29, 1.82) is 0 Å². The monoisotopic (exact) mass is 261 g/mol. The normalized spacial score (nSPS) is 19.1. The molecule has 0 saturated carbocycles. The largest absolute Gasteiger partial charge is 0.497 e. The highest BCUT2D eigenvalue weighted by atomic mass is 32.2.